The molecule has 1 fully saturated rings. The van der Waals surface area contributed by atoms with Gasteiger partial charge in [0.2, 0.25) is 0 Å². The van der Waals surface area contributed by atoms with Crippen LogP contribution >= 0.6 is 0 Å². The fourth-order valence-electron chi connectivity index (χ4n) is 2.24. The number of hydrogen-bond acceptors (Lipinski definition) is 2. The number of ketones is 1. The molecule has 2 heteroatoms. The molecule has 1 atom stereocenters. The van der Waals surface area contributed by atoms with Gasteiger partial charge in [-0.2, -0.15) is 0 Å². The third-order valence-electron chi connectivity index (χ3n) is 3.31. The SMILES string of the molecule is CC[C@@H]1CC/C(=C\O)C(=O)C1(C)C. The van der Waals surface area contributed by atoms with Crippen molar-refractivity contribution in [2.75, 3.05) is 0 Å². The lowest BCUT2D eigenvalue weighted by atomic mass is 9.65. The lowest BCUT2D eigenvalue weighted by Gasteiger charge is -2.37. The van der Waals surface area contributed by atoms with E-state index in [1.807, 2.05) is 13.8 Å². The van der Waals surface area contributed by atoms with Crippen LogP contribution in [0, 0.1) is 11.3 Å². The van der Waals surface area contributed by atoms with E-state index < -0.39 is 0 Å². The number of rotatable bonds is 1. The summed E-state index contributed by atoms with van der Waals surface area (Å²) < 4.78 is 0. The van der Waals surface area contributed by atoms with E-state index in [1.54, 1.807) is 0 Å². The summed E-state index contributed by atoms with van der Waals surface area (Å²) in [6, 6.07) is 0. The van der Waals surface area contributed by atoms with E-state index >= 15 is 0 Å². The zero-order valence-corrected chi connectivity index (χ0v) is 8.63. The molecule has 1 N–H and O–H groups in total. The third kappa shape index (κ3) is 1.62. The normalized spacial score (nSPS) is 30.8. The van der Waals surface area contributed by atoms with Crippen molar-refractivity contribution >= 4 is 5.78 Å². The highest BCUT2D eigenvalue weighted by atomic mass is 16.2. The van der Waals surface area contributed by atoms with Gasteiger partial charge in [0.05, 0.1) is 6.26 Å². The quantitative estimate of drug-likeness (QED) is 0.500. The number of allylic oxidation sites excluding steroid dienone is 1. The second kappa shape index (κ2) is 3.52. The van der Waals surface area contributed by atoms with Crippen LogP contribution in [-0.4, -0.2) is 10.9 Å². The Morgan fingerprint density at radius 3 is 2.69 bits per heavy atom. The van der Waals surface area contributed by atoms with Gasteiger partial charge in [-0.1, -0.05) is 27.2 Å². The Hall–Kier alpha value is -0.790. The Labute approximate surface area is 79.6 Å². The van der Waals surface area contributed by atoms with Crippen LogP contribution in [0.4, 0.5) is 0 Å². The van der Waals surface area contributed by atoms with Crippen molar-refractivity contribution in [3.05, 3.63) is 11.8 Å². The van der Waals surface area contributed by atoms with Crippen molar-refractivity contribution < 1.29 is 9.90 Å². The maximum absolute atomic E-state index is 11.8. The van der Waals surface area contributed by atoms with E-state index in [0.29, 0.717) is 11.5 Å². The molecule has 0 unspecified atom stereocenters. The largest absolute Gasteiger partial charge is 0.515 e. The van der Waals surface area contributed by atoms with Crippen molar-refractivity contribution in [2.24, 2.45) is 11.3 Å². The molecule has 1 saturated carbocycles. The molecule has 2 nitrogen and oxygen atoms in total. The summed E-state index contributed by atoms with van der Waals surface area (Å²) in [6.07, 6.45) is 3.77. The van der Waals surface area contributed by atoms with Crippen LogP contribution in [0.2, 0.25) is 0 Å². The highest BCUT2D eigenvalue weighted by molar-refractivity contribution is 6.00. The molecule has 0 saturated heterocycles. The fraction of sp³-hybridized carbons (Fsp3) is 0.727. The molecule has 0 amide bonds. The van der Waals surface area contributed by atoms with E-state index in [1.165, 1.54) is 0 Å². The van der Waals surface area contributed by atoms with Crippen LogP contribution in [0.25, 0.3) is 0 Å². The van der Waals surface area contributed by atoms with Crippen LogP contribution in [-0.2, 0) is 4.79 Å². The Kier molecular flexibility index (Phi) is 2.79. The lowest BCUT2D eigenvalue weighted by Crippen LogP contribution is -2.37. The van der Waals surface area contributed by atoms with Gasteiger partial charge in [-0.25, -0.2) is 0 Å². The molecule has 0 aromatic rings. The maximum Gasteiger partial charge on any atom is 0.167 e. The minimum Gasteiger partial charge on any atom is -0.515 e. The van der Waals surface area contributed by atoms with Crippen LogP contribution < -0.4 is 0 Å². The molecule has 0 aromatic heterocycles. The molecular weight excluding hydrogens is 164 g/mol. The van der Waals surface area contributed by atoms with E-state index in [-0.39, 0.29) is 11.2 Å². The van der Waals surface area contributed by atoms with Crippen LogP contribution in [0.5, 0.6) is 0 Å². The molecule has 0 bridgehead atoms. The number of aliphatic hydroxyl groups excluding tert-OH is 1. The number of Topliss-reactive ketones (excluding diaryl/α,β-unsaturated/α-hetero) is 1. The summed E-state index contributed by atoms with van der Waals surface area (Å²) in [4.78, 5) is 11.8. The Bertz CT molecular complexity index is 238. The van der Waals surface area contributed by atoms with Crippen molar-refractivity contribution in [2.45, 2.75) is 40.0 Å². The van der Waals surface area contributed by atoms with Gasteiger partial charge in [-0.3, -0.25) is 4.79 Å². The van der Waals surface area contributed by atoms with Gasteiger partial charge >= 0.3 is 0 Å². The van der Waals surface area contributed by atoms with Crippen molar-refractivity contribution in [1.82, 2.24) is 0 Å². The summed E-state index contributed by atoms with van der Waals surface area (Å²) in [6.45, 7) is 6.08. The van der Waals surface area contributed by atoms with Crippen LogP contribution in [0.3, 0.4) is 0 Å². The second-order valence-corrected chi connectivity index (χ2v) is 4.35. The minimum atomic E-state index is -0.290. The molecule has 0 aliphatic heterocycles. The second-order valence-electron chi connectivity index (χ2n) is 4.35. The first-order valence-electron chi connectivity index (χ1n) is 4.92. The number of aliphatic hydroxyl groups is 1. The summed E-state index contributed by atoms with van der Waals surface area (Å²) in [5, 5.41) is 8.87. The van der Waals surface area contributed by atoms with E-state index in [2.05, 4.69) is 6.92 Å². The van der Waals surface area contributed by atoms with E-state index in [0.717, 1.165) is 25.5 Å². The fourth-order valence-corrected chi connectivity index (χ4v) is 2.24. The monoisotopic (exact) mass is 182 g/mol. The molecule has 0 heterocycles. The maximum atomic E-state index is 11.8. The lowest BCUT2D eigenvalue weighted by molar-refractivity contribution is -0.128. The average Bonchev–Trinajstić information content (AvgIpc) is 2.09. The van der Waals surface area contributed by atoms with Gasteiger partial charge in [0.15, 0.2) is 5.78 Å². The summed E-state index contributed by atoms with van der Waals surface area (Å²) >= 11 is 0. The smallest absolute Gasteiger partial charge is 0.167 e. The Morgan fingerprint density at radius 2 is 2.23 bits per heavy atom. The first kappa shape index (κ1) is 10.3. The zero-order chi connectivity index (χ0) is 10.1. The topological polar surface area (TPSA) is 37.3 Å². The molecule has 74 valence electrons. The molecule has 0 spiro atoms. The summed E-state index contributed by atoms with van der Waals surface area (Å²) in [5.41, 5.74) is 0.302. The molecule has 13 heavy (non-hydrogen) atoms. The van der Waals surface area contributed by atoms with Crippen LogP contribution in [0.15, 0.2) is 11.8 Å². The van der Waals surface area contributed by atoms with Gasteiger partial charge in [-0.15, -0.1) is 0 Å². The molecule has 0 aromatic carbocycles. The van der Waals surface area contributed by atoms with Crippen molar-refractivity contribution in [3.8, 4) is 0 Å². The molecule has 1 rings (SSSR count). The van der Waals surface area contributed by atoms with Gasteiger partial charge in [-0.05, 0) is 18.8 Å². The van der Waals surface area contributed by atoms with E-state index in [9.17, 15) is 4.79 Å². The standard InChI is InChI=1S/C11H18O2/c1-4-9-6-5-8(7-12)10(13)11(9,2)3/h7,9,12H,4-6H2,1-3H3/b8-7+/t9-/m1/s1. The summed E-state index contributed by atoms with van der Waals surface area (Å²) in [5.74, 6) is 0.580. The number of carbonyl (C=O) groups is 1. The predicted octanol–water partition coefficient (Wildman–Crippen LogP) is 2.84. The predicted molar refractivity (Wildman–Crippen MR) is 52.5 cm³/mol. The first-order chi connectivity index (χ1) is 6.04. The molecule has 0 radical (unpaired) electrons. The van der Waals surface area contributed by atoms with Gasteiger partial charge in [0.25, 0.3) is 0 Å². The highest BCUT2D eigenvalue weighted by Crippen LogP contribution is 2.41. The average molecular weight is 182 g/mol. The molecule has 1 aliphatic rings. The van der Waals surface area contributed by atoms with E-state index in [4.69, 9.17) is 5.11 Å². The first-order valence-corrected chi connectivity index (χ1v) is 4.92. The number of carbonyl (C=O) groups excluding carboxylic acids is 1. The van der Waals surface area contributed by atoms with Gasteiger partial charge in [0, 0.05) is 11.0 Å². The Balaban J connectivity index is 2.92. The minimum absolute atomic E-state index is 0.119. The zero-order valence-electron chi connectivity index (χ0n) is 8.63. The third-order valence-corrected chi connectivity index (χ3v) is 3.31. The number of hydrogen-bond donors (Lipinski definition) is 1. The highest BCUT2D eigenvalue weighted by Gasteiger charge is 2.40. The van der Waals surface area contributed by atoms with Gasteiger partial charge < -0.3 is 5.11 Å². The van der Waals surface area contributed by atoms with Crippen molar-refractivity contribution in [3.63, 3.8) is 0 Å². The van der Waals surface area contributed by atoms with Crippen molar-refractivity contribution in [1.29, 1.82) is 0 Å². The van der Waals surface area contributed by atoms with Gasteiger partial charge in [0.1, 0.15) is 0 Å². The summed E-state index contributed by atoms with van der Waals surface area (Å²) in [7, 11) is 0. The molecule has 1 aliphatic carbocycles. The Morgan fingerprint density at radius 1 is 1.62 bits per heavy atom. The van der Waals surface area contributed by atoms with Crippen LogP contribution in [0.1, 0.15) is 40.0 Å². The molecular formula is C11H18O2.